The number of hydrogen-bond acceptors (Lipinski definition) is 4. The molecule has 0 spiro atoms. The van der Waals surface area contributed by atoms with Gasteiger partial charge in [0.15, 0.2) is 0 Å². The largest absolute Gasteiger partial charge is 0.376 e. The molecule has 0 heterocycles. The number of rotatable bonds is 5. The molecule has 8 heteroatoms. The number of anilines is 2. The molecule has 0 saturated carbocycles. The fourth-order valence-corrected chi connectivity index (χ4v) is 2.63. The summed E-state index contributed by atoms with van der Waals surface area (Å²) in [5, 5.41) is 5.28. The Hall–Kier alpha value is -1.80. The minimum atomic E-state index is -3.55. The quantitative estimate of drug-likeness (QED) is 0.854. The highest BCUT2D eigenvalue weighted by Crippen LogP contribution is 2.28. The van der Waals surface area contributed by atoms with Crippen LogP contribution in [-0.2, 0) is 10.0 Å². The van der Waals surface area contributed by atoms with Crippen LogP contribution in [0.25, 0.3) is 0 Å². The fourth-order valence-electron chi connectivity index (χ4n) is 1.70. The smallest absolute Gasteiger partial charge is 0.319 e. The number of nitrogens with one attached hydrogen (secondary N) is 2. The van der Waals surface area contributed by atoms with Gasteiger partial charge < -0.3 is 15.5 Å². The van der Waals surface area contributed by atoms with E-state index >= 15 is 0 Å². The maximum Gasteiger partial charge on any atom is 0.319 e. The third kappa shape index (κ3) is 4.08. The van der Waals surface area contributed by atoms with E-state index < -0.39 is 10.0 Å². The van der Waals surface area contributed by atoms with Gasteiger partial charge in [-0.2, -0.15) is 0 Å². The lowest BCUT2D eigenvalue weighted by atomic mass is 10.2. The lowest BCUT2D eigenvalue weighted by molar-refractivity contribution is 0.252. The van der Waals surface area contributed by atoms with Crippen molar-refractivity contribution in [3.63, 3.8) is 0 Å². The van der Waals surface area contributed by atoms with E-state index in [1.807, 2.05) is 14.1 Å². The monoisotopic (exact) mass is 314 g/mol. The van der Waals surface area contributed by atoms with Gasteiger partial charge in [0.2, 0.25) is 10.0 Å². The summed E-state index contributed by atoms with van der Waals surface area (Å²) in [4.78, 5) is 13.6. The van der Waals surface area contributed by atoms with Gasteiger partial charge in [0, 0.05) is 34.7 Å². The van der Waals surface area contributed by atoms with E-state index in [4.69, 9.17) is 0 Å². The third-order valence-electron chi connectivity index (χ3n) is 2.81. The number of carbonyl (C=O) groups is 1. The molecular weight excluding hydrogens is 292 g/mol. The molecule has 21 heavy (non-hydrogen) atoms. The van der Waals surface area contributed by atoms with Crippen LogP contribution in [0.1, 0.15) is 6.92 Å². The van der Waals surface area contributed by atoms with E-state index in [0.717, 1.165) is 9.99 Å². The average molecular weight is 314 g/mol. The van der Waals surface area contributed by atoms with Crippen molar-refractivity contribution in [1.29, 1.82) is 0 Å². The minimum Gasteiger partial charge on any atom is -0.376 e. The van der Waals surface area contributed by atoms with Crippen molar-refractivity contribution >= 4 is 27.4 Å². The molecule has 0 saturated heterocycles. The highest BCUT2D eigenvalue weighted by Gasteiger charge is 2.19. The highest BCUT2D eigenvalue weighted by atomic mass is 32.2. The van der Waals surface area contributed by atoms with Crippen molar-refractivity contribution in [2.45, 2.75) is 11.8 Å². The molecule has 2 N–H and O–H groups in total. The first-order chi connectivity index (χ1) is 9.70. The maximum atomic E-state index is 12.2. The molecule has 0 aliphatic heterocycles. The molecule has 118 valence electrons. The Balaban J connectivity index is 3.28. The van der Waals surface area contributed by atoms with Gasteiger partial charge in [-0.15, -0.1) is 0 Å². The number of nitrogens with zero attached hydrogens (tertiary/aromatic N) is 2. The predicted octanol–water partition coefficient (Wildman–Crippen LogP) is 1.14. The van der Waals surface area contributed by atoms with Crippen LogP contribution in [0.5, 0.6) is 0 Å². The van der Waals surface area contributed by atoms with E-state index in [-0.39, 0.29) is 10.9 Å². The lowest BCUT2D eigenvalue weighted by Gasteiger charge is -2.20. The summed E-state index contributed by atoms with van der Waals surface area (Å²) in [7, 11) is 3.02. The molecule has 0 radical (unpaired) electrons. The molecule has 0 bridgehead atoms. The van der Waals surface area contributed by atoms with E-state index in [2.05, 4.69) is 10.6 Å². The Morgan fingerprint density at radius 3 is 2.29 bits per heavy atom. The molecule has 7 nitrogen and oxygen atoms in total. The van der Waals surface area contributed by atoms with Crippen molar-refractivity contribution in [3.05, 3.63) is 18.2 Å². The van der Waals surface area contributed by atoms with Crippen LogP contribution in [0.4, 0.5) is 16.2 Å². The SMILES string of the molecule is CCNC(=O)Nc1cc(S(=O)(=O)N(C)C)ccc1N(C)C. The Labute approximate surface area is 126 Å². The summed E-state index contributed by atoms with van der Waals surface area (Å²) in [6.07, 6.45) is 0. The minimum absolute atomic E-state index is 0.130. The Morgan fingerprint density at radius 1 is 1.19 bits per heavy atom. The van der Waals surface area contributed by atoms with E-state index in [1.54, 1.807) is 17.9 Å². The summed E-state index contributed by atoms with van der Waals surface area (Å²) in [5.41, 5.74) is 1.16. The molecule has 0 aliphatic rings. The number of amides is 2. The summed E-state index contributed by atoms with van der Waals surface area (Å²) < 4.78 is 25.5. The van der Waals surface area contributed by atoms with E-state index in [0.29, 0.717) is 12.2 Å². The number of sulfonamides is 1. The second-order valence-corrected chi connectivity index (χ2v) is 7.00. The molecule has 0 fully saturated rings. The van der Waals surface area contributed by atoms with Gasteiger partial charge in [-0.3, -0.25) is 0 Å². The predicted molar refractivity (Wildman–Crippen MR) is 84.3 cm³/mol. The summed E-state index contributed by atoms with van der Waals surface area (Å²) >= 11 is 0. The van der Waals surface area contributed by atoms with Gasteiger partial charge in [-0.25, -0.2) is 17.5 Å². The average Bonchev–Trinajstić information content (AvgIpc) is 2.38. The molecule has 1 rings (SSSR count). The second kappa shape index (κ2) is 6.77. The molecule has 0 unspecified atom stereocenters. The first-order valence-electron chi connectivity index (χ1n) is 6.49. The van der Waals surface area contributed by atoms with Crippen LogP contribution in [0.3, 0.4) is 0 Å². The standard InChI is InChI=1S/C13H22N4O3S/c1-6-14-13(18)15-11-9-10(21(19,20)17(4)5)7-8-12(11)16(2)3/h7-9H,6H2,1-5H3,(H2,14,15,18). The third-order valence-corrected chi connectivity index (χ3v) is 4.63. The molecule has 0 atom stereocenters. The normalized spacial score (nSPS) is 11.3. The van der Waals surface area contributed by atoms with Crippen LogP contribution in [0.2, 0.25) is 0 Å². The molecule has 2 amide bonds. The number of urea groups is 1. The van der Waals surface area contributed by atoms with E-state index in [9.17, 15) is 13.2 Å². The van der Waals surface area contributed by atoms with Crippen LogP contribution >= 0.6 is 0 Å². The van der Waals surface area contributed by atoms with Crippen LogP contribution in [0.15, 0.2) is 23.1 Å². The van der Waals surface area contributed by atoms with Crippen LogP contribution < -0.4 is 15.5 Å². The van der Waals surface area contributed by atoms with Gasteiger partial charge in [-0.05, 0) is 25.1 Å². The Morgan fingerprint density at radius 2 is 1.81 bits per heavy atom. The first-order valence-corrected chi connectivity index (χ1v) is 7.93. The van der Waals surface area contributed by atoms with Crippen molar-refractivity contribution in [3.8, 4) is 0 Å². The van der Waals surface area contributed by atoms with Gasteiger partial charge in [0.25, 0.3) is 0 Å². The Bertz CT molecular complexity index is 612. The Kier molecular flexibility index (Phi) is 5.56. The fraction of sp³-hybridized carbons (Fsp3) is 0.462. The number of hydrogen-bond donors (Lipinski definition) is 2. The first kappa shape index (κ1) is 17.3. The van der Waals surface area contributed by atoms with Crippen molar-refractivity contribution in [1.82, 2.24) is 9.62 Å². The van der Waals surface area contributed by atoms with Gasteiger partial charge >= 0.3 is 6.03 Å². The zero-order chi connectivity index (χ0) is 16.2. The summed E-state index contributed by atoms with van der Waals surface area (Å²) in [6.45, 7) is 2.29. The van der Waals surface area contributed by atoms with Crippen molar-refractivity contribution in [2.24, 2.45) is 0 Å². The van der Waals surface area contributed by atoms with Gasteiger partial charge in [-0.1, -0.05) is 0 Å². The molecule has 0 aliphatic carbocycles. The maximum absolute atomic E-state index is 12.2. The highest BCUT2D eigenvalue weighted by molar-refractivity contribution is 7.89. The molecule has 1 aromatic carbocycles. The second-order valence-electron chi connectivity index (χ2n) is 4.85. The zero-order valence-corrected chi connectivity index (χ0v) is 13.8. The number of carbonyl (C=O) groups excluding carboxylic acids is 1. The van der Waals surface area contributed by atoms with Gasteiger partial charge in [0.1, 0.15) is 0 Å². The molecule has 1 aromatic rings. The topological polar surface area (TPSA) is 81.8 Å². The molecule has 0 aromatic heterocycles. The van der Waals surface area contributed by atoms with Crippen molar-refractivity contribution in [2.75, 3.05) is 45.0 Å². The lowest BCUT2D eigenvalue weighted by Crippen LogP contribution is -2.29. The van der Waals surface area contributed by atoms with Crippen LogP contribution in [-0.4, -0.2) is 53.5 Å². The molecular formula is C13H22N4O3S. The summed E-state index contributed by atoms with van der Waals surface area (Å²) in [5.74, 6) is 0. The van der Waals surface area contributed by atoms with Crippen molar-refractivity contribution < 1.29 is 13.2 Å². The van der Waals surface area contributed by atoms with E-state index in [1.165, 1.54) is 26.2 Å². The van der Waals surface area contributed by atoms with Crippen LogP contribution in [0, 0.1) is 0 Å². The number of benzene rings is 1. The summed E-state index contributed by atoms with van der Waals surface area (Å²) in [6, 6.07) is 4.27. The zero-order valence-electron chi connectivity index (χ0n) is 13.0. The van der Waals surface area contributed by atoms with Gasteiger partial charge in [0.05, 0.1) is 16.3 Å².